The van der Waals surface area contributed by atoms with E-state index in [1.807, 2.05) is 68.4 Å². The summed E-state index contributed by atoms with van der Waals surface area (Å²) in [4.78, 5) is 27.7. The number of hydrogen-bond acceptors (Lipinski definition) is 4. The molecule has 0 heterocycles. The predicted molar refractivity (Wildman–Crippen MR) is 117 cm³/mol. The monoisotopic (exact) mass is 412 g/mol. The van der Waals surface area contributed by atoms with Crippen LogP contribution in [0.2, 0.25) is 0 Å². The molecule has 0 fully saturated rings. The third-order valence-electron chi connectivity index (χ3n) is 4.78. The molecule has 0 aromatic heterocycles. The second kappa shape index (κ2) is 12.6. The second-order valence-corrected chi connectivity index (χ2v) is 6.88. The molecule has 2 aromatic carbocycles. The summed E-state index contributed by atoms with van der Waals surface area (Å²) in [6.45, 7) is 5.84. The zero-order chi connectivity index (χ0) is 21.8. The Balaban J connectivity index is 2.25. The quantitative estimate of drug-likeness (QED) is 0.540. The number of methoxy groups -OCH3 is 1. The van der Waals surface area contributed by atoms with Crippen LogP contribution >= 0.6 is 0 Å². The van der Waals surface area contributed by atoms with Crippen LogP contribution in [-0.4, -0.2) is 43.6 Å². The van der Waals surface area contributed by atoms with Crippen LogP contribution in [0.4, 0.5) is 0 Å². The Morgan fingerprint density at radius 1 is 1.03 bits per heavy atom. The molecule has 2 aromatic rings. The molecule has 30 heavy (non-hydrogen) atoms. The molecule has 6 heteroatoms. The van der Waals surface area contributed by atoms with Gasteiger partial charge in [0.1, 0.15) is 11.8 Å². The number of rotatable bonds is 12. The molecule has 162 valence electrons. The summed E-state index contributed by atoms with van der Waals surface area (Å²) in [6.07, 6.45) is 1.04. The fourth-order valence-corrected chi connectivity index (χ4v) is 3.19. The van der Waals surface area contributed by atoms with E-state index in [2.05, 4.69) is 5.32 Å². The number of ether oxygens (including phenoxy) is 2. The highest BCUT2D eigenvalue weighted by Crippen LogP contribution is 2.25. The molecule has 1 N–H and O–H groups in total. The predicted octanol–water partition coefficient (Wildman–Crippen LogP) is 3.72. The largest absolute Gasteiger partial charge is 0.497 e. The van der Waals surface area contributed by atoms with Gasteiger partial charge in [0.15, 0.2) is 0 Å². The molecule has 0 aliphatic heterocycles. The van der Waals surface area contributed by atoms with Gasteiger partial charge in [-0.15, -0.1) is 0 Å². The van der Waals surface area contributed by atoms with Crippen molar-refractivity contribution in [3.05, 3.63) is 65.7 Å². The zero-order valence-electron chi connectivity index (χ0n) is 18.1. The Kier molecular flexibility index (Phi) is 9.87. The van der Waals surface area contributed by atoms with Crippen LogP contribution in [0.3, 0.4) is 0 Å². The fraction of sp³-hybridized carbons (Fsp3) is 0.417. The van der Waals surface area contributed by atoms with Gasteiger partial charge in [-0.3, -0.25) is 9.59 Å². The zero-order valence-corrected chi connectivity index (χ0v) is 18.1. The Bertz CT molecular complexity index is 778. The fourth-order valence-electron chi connectivity index (χ4n) is 3.19. The summed E-state index contributed by atoms with van der Waals surface area (Å²) in [5, 5.41) is 2.97. The van der Waals surface area contributed by atoms with E-state index < -0.39 is 6.04 Å². The first kappa shape index (κ1) is 23.4. The number of carbonyl (C=O) groups excluding carboxylic acids is 2. The van der Waals surface area contributed by atoms with E-state index in [1.165, 1.54) is 0 Å². The van der Waals surface area contributed by atoms with E-state index in [1.54, 1.807) is 12.0 Å². The van der Waals surface area contributed by atoms with E-state index in [0.29, 0.717) is 32.7 Å². The van der Waals surface area contributed by atoms with Gasteiger partial charge in [0.25, 0.3) is 0 Å². The van der Waals surface area contributed by atoms with E-state index in [4.69, 9.17) is 9.47 Å². The molecule has 0 aliphatic carbocycles. The van der Waals surface area contributed by atoms with Crippen LogP contribution in [0.25, 0.3) is 0 Å². The average molecular weight is 413 g/mol. The van der Waals surface area contributed by atoms with Crippen LogP contribution in [0.15, 0.2) is 54.6 Å². The highest BCUT2D eigenvalue weighted by atomic mass is 16.5. The maximum atomic E-state index is 13.2. The number of amides is 2. The lowest BCUT2D eigenvalue weighted by Gasteiger charge is -2.31. The van der Waals surface area contributed by atoms with E-state index >= 15 is 0 Å². The van der Waals surface area contributed by atoms with Crippen LogP contribution in [0, 0.1) is 0 Å². The van der Waals surface area contributed by atoms with Crippen LogP contribution < -0.4 is 10.1 Å². The first-order valence-electron chi connectivity index (χ1n) is 10.4. The molecule has 2 rings (SSSR count). The van der Waals surface area contributed by atoms with Crippen LogP contribution in [0.5, 0.6) is 5.75 Å². The molecular weight excluding hydrogens is 380 g/mol. The van der Waals surface area contributed by atoms with Crippen molar-refractivity contribution >= 4 is 11.8 Å². The van der Waals surface area contributed by atoms with Crippen molar-refractivity contribution in [2.75, 3.05) is 26.9 Å². The number of hydrogen-bond donors (Lipinski definition) is 1. The third-order valence-corrected chi connectivity index (χ3v) is 4.78. The number of benzene rings is 2. The topological polar surface area (TPSA) is 67.9 Å². The van der Waals surface area contributed by atoms with Crippen LogP contribution in [0.1, 0.15) is 43.9 Å². The third kappa shape index (κ3) is 6.88. The highest BCUT2D eigenvalue weighted by Gasteiger charge is 2.30. The lowest BCUT2D eigenvalue weighted by molar-refractivity contribution is -0.141. The van der Waals surface area contributed by atoms with E-state index in [9.17, 15) is 9.59 Å². The van der Waals surface area contributed by atoms with Gasteiger partial charge in [0.05, 0.1) is 7.11 Å². The second-order valence-electron chi connectivity index (χ2n) is 6.88. The standard InChI is InChI=1S/C24H32N2O4/c1-4-22(27)26(18-19-12-14-21(29-3)15-13-19)23(20-10-7-6-8-11-20)24(28)25-16-9-17-30-5-2/h6-8,10-15,23H,4-5,9,16-18H2,1-3H3,(H,25,28)/t23-/m1/s1. The molecule has 0 spiro atoms. The first-order valence-corrected chi connectivity index (χ1v) is 10.4. The molecule has 0 bridgehead atoms. The van der Waals surface area contributed by atoms with Gasteiger partial charge in [-0.2, -0.15) is 0 Å². The van der Waals surface area contributed by atoms with Crippen molar-refractivity contribution in [2.24, 2.45) is 0 Å². The minimum atomic E-state index is -0.701. The summed E-state index contributed by atoms with van der Waals surface area (Å²) in [6, 6.07) is 16.3. The van der Waals surface area contributed by atoms with Crippen LogP contribution in [-0.2, 0) is 20.9 Å². The van der Waals surface area contributed by atoms with Gasteiger partial charge in [-0.1, -0.05) is 49.4 Å². The number of carbonyl (C=O) groups is 2. The molecule has 0 saturated heterocycles. The summed E-state index contributed by atoms with van der Waals surface area (Å²) < 4.78 is 10.6. The van der Waals surface area contributed by atoms with Gasteiger partial charge in [0, 0.05) is 32.7 Å². The minimum Gasteiger partial charge on any atom is -0.497 e. The lowest BCUT2D eigenvalue weighted by atomic mass is 10.0. The summed E-state index contributed by atoms with van der Waals surface area (Å²) in [5.41, 5.74) is 1.72. The van der Waals surface area contributed by atoms with E-state index in [0.717, 1.165) is 23.3 Å². The average Bonchev–Trinajstić information content (AvgIpc) is 2.79. The van der Waals surface area contributed by atoms with Crippen molar-refractivity contribution in [1.82, 2.24) is 10.2 Å². The Labute approximate surface area is 179 Å². The van der Waals surface area contributed by atoms with Gasteiger partial charge in [-0.25, -0.2) is 0 Å². The van der Waals surface area contributed by atoms with Crippen molar-refractivity contribution in [1.29, 1.82) is 0 Å². The summed E-state index contributed by atoms with van der Waals surface area (Å²) in [7, 11) is 1.61. The Morgan fingerprint density at radius 3 is 2.33 bits per heavy atom. The van der Waals surface area contributed by atoms with Gasteiger partial charge < -0.3 is 19.7 Å². The Morgan fingerprint density at radius 2 is 1.73 bits per heavy atom. The molecule has 0 saturated carbocycles. The normalized spacial score (nSPS) is 11.6. The van der Waals surface area contributed by atoms with Gasteiger partial charge >= 0.3 is 0 Å². The van der Waals surface area contributed by atoms with E-state index in [-0.39, 0.29) is 11.8 Å². The molecular formula is C24H32N2O4. The molecule has 0 radical (unpaired) electrons. The first-order chi connectivity index (χ1) is 14.6. The van der Waals surface area contributed by atoms with Gasteiger partial charge in [0.2, 0.25) is 11.8 Å². The molecule has 0 unspecified atom stereocenters. The Hall–Kier alpha value is -2.86. The van der Waals surface area contributed by atoms with Gasteiger partial charge in [-0.05, 0) is 36.6 Å². The summed E-state index contributed by atoms with van der Waals surface area (Å²) >= 11 is 0. The molecule has 0 aliphatic rings. The maximum Gasteiger partial charge on any atom is 0.247 e. The minimum absolute atomic E-state index is 0.0795. The molecule has 1 atom stereocenters. The SMILES string of the molecule is CCOCCCNC(=O)[C@@H](c1ccccc1)N(Cc1ccc(OC)cc1)C(=O)CC. The number of nitrogens with one attached hydrogen (secondary N) is 1. The lowest BCUT2D eigenvalue weighted by Crippen LogP contribution is -2.43. The van der Waals surface area contributed by atoms with Crippen molar-refractivity contribution < 1.29 is 19.1 Å². The summed E-state index contributed by atoms with van der Waals surface area (Å²) in [5.74, 6) is 0.482. The number of nitrogens with zero attached hydrogens (tertiary/aromatic N) is 1. The smallest absolute Gasteiger partial charge is 0.247 e. The highest BCUT2D eigenvalue weighted by molar-refractivity contribution is 5.88. The van der Waals surface area contributed by atoms with Crippen molar-refractivity contribution in [2.45, 2.75) is 39.3 Å². The maximum absolute atomic E-state index is 13.2. The molecule has 2 amide bonds. The molecule has 6 nitrogen and oxygen atoms in total. The van der Waals surface area contributed by atoms with Crippen molar-refractivity contribution in [3.8, 4) is 5.75 Å². The van der Waals surface area contributed by atoms with Crippen molar-refractivity contribution in [3.63, 3.8) is 0 Å².